The number of nitrogens with zero attached hydrogens (tertiary/aromatic N) is 2. The van der Waals surface area contributed by atoms with Crippen LogP contribution in [0.3, 0.4) is 0 Å². The first kappa shape index (κ1) is 14.6. The second kappa shape index (κ2) is 5.94. The summed E-state index contributed by atoms with van der Waals surface area (Å²) in [5.74, 6) is 0.698. The van der Waals surface area contributed by atoms with Gasteiger partial charge in [0.2, 0.25) is 0 Å². The summed E-state index contributed by atoms with van der Waals surface area (Å²) in [6.07, 6.45) is 2.09. The summed E-state index contributed by atoms with van der Waals surface area (Å²) < 4.78 is 25.1. The lowest BCUT2D eigenvalue weighted by Crippen LogP contribution is -2.29. The molecule has 0 amide bonds. The second-order valence-corrected chi connectivity index (χ2v) is 7.23. The van der Waals surface area contributed by atoms with E-state index in [9.17, 15) is 13.2 Å². The zero-order chi connectivity index (χ0) is 13.1. The molecule has 0 radical (unpaired) electrons. The highest BCUT2D eigenvalue weighted by atomic mass is 127. The molecule has 0 N–H and O–H groups in total. The first-order valence-corrected chi connectivity index (χ1v) is 8.19. The molecule has 1 heterocycles. The lowest BCUT2D eigenvalue weighted by Gasteiger charge is -2.09. The van der Waals surface area contributed by atoms with Crippen molar-refractivity contribution in [1.29, 1.82) is 0 Å². The van der Waals surface area contributed by atoms with E-state index in [2.05, 4.69) is 4.98 Å². The van der Waals surface area contributed by atoms with Gasteiger partial charge in [-0.2, -0.15) is 0 Å². The van der Waals surface area contributed by atoms with Crippen LogP contribution in [-0.2, 0) is 16.4 Å². The molecule has 0 fully saturated rings. The molecule has 0 aromatic carbocycles. The predicted octanol–water partition coefficient (Wildman–Crippen LogP) is 0.981. The molecular weight excluding hydrogens is 355 g/mol. The van der Waals surface area contributed by atoms with Gasteiger partial charge in [-0.25, -0.2) is 13.4 Å². The number of sulfone groups is 1. The largest absolute Gasteiger partial charge is 0.295 e. The van der Waals surface area contributed by atoms with Crippen LogP contribution in [0.1, 0.15) is 19.2 Å². The van der Waals surface area contributed by atoms with Gasteiger partial charge in [0.25, 0.3) is 5.56 Å². The fourth-order valence-corrected chi connectivity index (χ4v) is 3.17. The summed E-state index contributed by atoms with van der Waals surface area (Å²) >= 11 is 1.90. The molecule has 0 aliphatic carbocycles. The van der Waals surface area contributed by atoms with E-state index >= 15 is 0 Å². The lowest BCUT2D eigenvalue weighted by molar-refractivity contribution is 0.582. The molecule has 0 bridgehead atoms. The summed E-state index contributed by atoms with van der Waals surface area (Å²) in [6, 6.07) is 0. The molecule has 5 nitrogen and oxygen atoms in total. The van der Waals surface area contributed by atoms with Gasteiger partial charge in [-0.1, -0.05) is 6.92 Å². The Hall–Kier alpha value is -0.440. The van der Waals surface area contributed by atoms with Crippen LogP contribution < -0.4 is 5.56 Å². The van der Waals surface area contributed by atoms with Crippen LogP contribution in [0, 0.1) is 10.5 Å². The fourth-order valence-electron chi connectivity index (χ4n) is 1.46. The molecule has 0 aliphatic rings. The summed E-state index contributed by atoms with van der Waals surface area (Å²) in [4.78, 5) is 15.8. The molecule has 96 valence electrons. The molecule has 0 atom stereocenters. The third-order valence-electron chi connectivity index (χ3n) is 2.35. The van der Waals surface area contributed by atoms with Crippen LogP contribution in [0.15, 0.2) is 11.0 Å². The van der Waals surface area contributed by atoms with Gasteiger partial charge in [0.15, 0.2) is 9.84 Å². The monoisotopic (exact) mass is 370 g/mol. The highest BCUT2D eigenvalue weighted by Gasteiger charge is 2.12. The minimum Gasteiger partial charge on any atom is -0.295 e. The van der Waals surface area contributed by atoms with Gasteiger partial charge in [0.1, 0.15) is 5.82 Å². The van der Waals surface area contributed by atoms with Crippen LogP contribution in [0.25, 0.3) is 0 Å². The van der Waals surface area contributed by atoms with Gasteiger partial charge < -0.3 is 0 Å². The molecular formula is C10H15IN2O3S. The molecule has 0 unspecified atom stereocenters. The van der Waals surface area contributed by atoms with E-state index < -0.39 is 9.84 Å². The van der Waals surface area contributed by atoms with Gasteiger partial charge in [-0.15, -0.1) is 0 Å². The fraction of sp³-hybridized carbons (Fsp3) is 0.600. The summed E-state index contributed by atoms with van der Waals surface area (Å²) in [5.41, 5.74) is -0.176. The maximum absolute atomic E-state index is 11.8. The third kappa shape index (κ3) is 4.06. The predicted molar refractivity (Wildman–Crippen MR) is 74.9 cm³/mol. The number of aryl methyl sites for hydroxylation is 1. The molecule has 0 saturated carbocycles. The minimum atomic E-state index is -3.07. The van der Waals surface area contributed by atoms with Gasteiger partial charge in [-0.3, -0.25) is 9.36 Å². The minimum absolute atomic E-state index is 0.0106. The lowest BCUT2D eigenvalue weighted by atomic mass is 10.5. The normalized spacial score (nSPS) is 11.7. The Morgan fingerprint density at radius 2 is 2.06 bits per heavy atom. The molecule has 17 heavy (non-hydrogen) atoms. The topological polar surface area (TPSA) is 69.0 Å². The number of aromatic nitrogens is 2. The molecule has 1 rings (SSSR count). The first-order chi connectivity index (χ1) is 7.87. The van der Waals surface area contributed by atoms with Crippen molar-refractivity contribution in [3.05, 3.63) is 25.9 Å². The Morgan fingerprint density at radius 1 is 1.41 bits per heavy atom. The van der Waals surface area contributed by atoms with Crippen LogP contribution >= 0.6 is 22.6 Å². The average molecular weight is 370 g/mol. The van der Waals surface area contributed by atoms with E-state index in [1.54, 1.807) is 6.92 Å². The molecule has 1 aromatic rings. The van der Waals surface area contributed by atoms with Crippen molar-refractivity contribution in [3.63, 3.8) is 0 Å². The van der Waals surface area contributed by atoms with E-state index in [1.165, 1.54) is 10.8 Å². The van der Waals surface area contributed by atoms with Gasteiger partial charge in [0, 0.05) is 18.5 Å². The smallest absolute Gasteiger partial charge is 0.266 e. The van der Waals surface area contributed by atoms with Crippen molar-refractivity contribution >= 4 is 32.4 Å². The molecule has 0 spiro atoms. The molecule has 1 aromatic heterocycles. The maximum atomic E-state index is 11.8. The molecule has 0 aliphatic heterocycles. The van der Waals surface area contributed by atoms with Crippen molar-refractivity contribution in [2.45, 2.75) is 26.8 Å². The van der Waals surface area contributed by atoms with E-state index in [1.807, 2.05) is 29.5 Å². The van der Waals surface area contributed by atoms with E-state index in [4.69, 9.17) is 0 Å². The van der Waals surface area contributed by atoms with Crippen LogP contribution in [0.2, 0.25) is 0 Å². The maximum Gasteiger partial charge on any atom is 0.266 e. The van der Waals surface area contributed by atoms with Crippen molar-refractivity contribution in [2.24, 2.45) is 0 Å². The Bertz CT molecular complexity index is 551. The highest BCUT2D eigenvalue weighted by molar-refractivity contribution is 14.1. The summed E-state index contributed by atoms with van der Waals surface area (Å²) in [5, 5.41) is 0. The van der Waals surface area contributed by atoms with Gasteiger partial charge in [0.05, 0.1) is 9.32 Å². The summed E-state index contributed by atoms with van der Waals surface area (Å²) in [6.45, 7) is 3.70. The number of hydrogen-bond acceptors (Lipinski definition) is 4. The quantitative estimate of drug-likeness (QED) is 0.725. The standard InChI is InChI=1S/C10H15IN2O3S/c1-3-5-17(15,16)6-4-13-8(2)12-7-9(11)10(13)14/h7H,3-6H2,1-2H3. The first-order valence-electron chi connectivity index (χ1n) is 5.29. The Morgan fingerprint density at radius 3 is 2.65 bits per heavy atom. The van der Waals surface area contributed by atoms with Crippen molar-refractivity contribution in [2.75, 3.05) is 11.5 Å². The van der Waals surface area contributed by atoms with E-state index in [0.717, 1.165) is 0 Å². The van der Waals surface area contributed by atoms with Gasteiger partial charge >= 0.3 is 0 Å². The summed E-state index contributed by atoms with van der Waals surface area (Å²) in [7, 11) is -3.07. The third-order valence-corrected chi connectivity index (χ3v) is 4.92. The highest BCUT2D eigenvalue weighted by Crippen LogP contribution is 2.00. The second-order valence-electron chi connectivity index (χ2n) is 3.76. The Labute approximate surface area is 114 Å². The number of halogens is 1. The van der Waals surface area contributed by atoms with Crippen LogP contribution in [0.5, 0.6) is 0 Å². The van der Waals surface area contributed by atoms with E-state index in [0.29, 0.717) is 15.8 Å². The molecule has 7 heteroatoms. The van der Waals surface area contributed by atoms with Crippen molar-refractivity contribution in [1.82, 2.24) is 9.55 Å². The molecule has 0 saturated heterocycles. The average Bonchev–Trinajstić information content (AvgIpc) is 2.23. The van der Waals surface area contributed by atoms with Crippen molar-refractivity contribution in [3.8, 4) is 0 Å². The zero-order valence-corrected chi connectivity index (χ0v) is 12.8. The van der Waals surface area contributed by atoms with Crippen LogP contribution in [0.4, 0.5) is 0 Å². The number of hydrogen-bond donors (Lipinski definition) is 0. The van der Waals surface area contributed by atoms with E-state index in [-0.39, 0.29) is 23.6 Å². The SMILES string of the molecule is CCCS(=O)(=O)CCn1c(C)ncc(I)c1=O. The van der Waals surface area contributed by atoms with Gasteiger partial charge in [-0.05, 0) is 35.9 Å². The van der Waals surface area contributed by atoms with Crippen LogP contribution in [-0.4, -0.2) is 29.5 Å². The Kier molecular flexibility index (Phi) is 5.11. The Balaban J connectivity index is 2.91. The zero-order valence-electron chi connectivity index (χ0n) is 9.81. The number of rotatable bonds is 5. The van der Waals surface area contributed by atoms with Crippen molar-refractivity contribution < 1.29 is 8.42 Å².